The SMILES string of the molecule is O=C(COc1ccccc1)Nc1ncc2cnn([C@H]3C[C@H](O)[C@@H](CO)O3)c2n1. The molecule has 0 saturated carbocycles. The molecule has 3 heterocycles. The van der Waals surface area contributed by atoms with E-state index in [0.717, 1.165) is 0 Å². The summed E-state index contributed by atoms with van der Waals surface area (Å²) in [7, 11) is 0. The number of anilines is 1. The van der Waals surface area contributed by atoms with Crippen molar-refractivity contribution in [1.82, 2.24) is 19.7 Å². The molecule has 1 aliphatic rings. The summed E-state index contributed by atoms with van der Waals surface area (Å²) in [5, 5.41) is 26.6. The van der Waals surface area contributed by atoms with Crippen LogP contribution in [0.3, 0.4) is 0 Å². The van der Waals surface area contributed by atoms with Crippen molar-refractivity contribution >= 4 is 22.9 Å². The molecule has 1 amide bonds. The minimum atomic E-state index is -0.787. The normalized spacial score (nSPS) is 21.7. The van der Waals surface area contributed by atoms with Crippen LogP contribution in [-0.2, 0) is 9.53 Å². The Morgan fingerprint density at radius 3 is 2.89 bits per heavy atom. The summed E-state index contributed by atoms with van der Waals surface area (Å²) in [6.45, 7) is -0.463. The predicted molar refractivity (Wildman–Crippen MR) is 97.5 cm³/mol. The van der Waals surface area contributed by atoms with Gasteiger partial charge in [0.2, 0.25) is 5.95 Å². The fourth-order valence-electron chi connectivity index (χ4n) is 2.96. The first kappa shape index (κ1) is 18.3. The van der Waals surface area contributed by atoms with Crippen molar-refractivity contribution in [2.45, 2.75) is 24.9 Å². The van der Waals surface area contributed by atoms with Crippen LogP contribution in [-0.4, -0.2) is 61.3 Å². The number of hydrogen-bond acceptors (Lipinski definition) is 8. The Kier molecular flexibility index (Phi) is 5.15. The third kappa shape index (κ3) is 3.79. The van der Waals surface area contributed by atoms with Crippen LogP contribution in [0.2, 0.25) is 0 Å². The van der Waals surface area contributed by atoms with E-state index in [1.54, 1.807) is 18.3 Å². The Morgan fingerprint density at radius 1 is 1.32 bits per heavy atom. The van der Waals surface area contributed by atoms with Crippen molar-refractivity contribution in [3.05, 3.63) is 42.7 Å². The molecule has 1 aromatic carbocycles. The van der Waals surface area contributed by atoms with Gasteiger partial charge in [-0.15, -0.1) is 0 Å². The molecule has 0 bridgehead atoms. The summed E-state index contributed by atoms with van der Waals surface area (Å²) in [5.41, 5.74) is 0.449. The average Bonchev–Trinajstić information content (AvgIpc) is 3.29. The quantitative estimate of drug-likeness (QED) is 0.558. The number of carbonyl (C=O) groups is 1. The number of nitrogens with zero attached hydrogens (tertiary/aromatic N) is 4. The second kappa shape index (κ2) is 7.89. The molecule has 10 heteroatoms. The highest BCUT2D eigenvalue weighted by Crippen LogP contribution is 2.30. The molecule has 3 atom stereocenters. The number of aromatic nitrogens is 4. The largest absolute Gasteiger partial charge is 0.484 e. The summed E-state index contributed by atoms with van der Waals surface area (Å²) in [4.78, 5) is 20.5. The number of hydrogen-bond donors (Lipinski definition) is 3. The van der Waals surface area contributed by atoms with E-state index in [1.807, 2.05) is 18.2 Å². The standard InChI is InChI=1S/C18H19N5O5/c24-9-14-13(25)6-16(28-14)23-17-11(8-20-23)7-19-18(22-17)21-15(26)10-27-12-4-2-1-3-5-12/h1-5,7-8,13-14,16,24-25H,6,9-10H2,(H,19,21,22,26)/t13-,14+,16+/m0/s1. The van der Waals surface area contributed by atoms with Crippen LogP contribution in [0.15, 0.2) is 42.7 Å². The first-order valence-corrected chi connectivity index (χ1v) is 8.76. The van der Waals surface area contributed by atoms with E-state index in [4.69, 9.17) is 9.47 Å². The van der Waals surface area contributed by atoms with Crippen LogP contribution < -0.4 is 10.1 Å². The maximum Gasteiger partial charge on any atom is 0.264 e. The van der Waals surface area contributed by atoms with Gasteiger partial charge in [0.15, 0.2) is 18.5 Å². The van der Waals surface area contributed by atoms with E-state index in [2.05, 4.69) is 20.4 Å². The molecule has 4 rings (SSSR count). The number of fused-ring (bicyclic) bond motifs is 1. The average molecular weight is 385 g/mol. The zero-order valence-corrected chi connectivity index (χ0v) is 14.8. The fourth-order valence-corrected chi connectivity index (χ4v) is 2.96. The van der Waals surface area contributed by atoms with E-state index in [9.17, 15) is 15.0 Å². The summed E-state index contributed by atoms with van der Waals surface area (Å²) in [6.07, 6.45) is 1.37. The lowest BCUT2D eigenvalue weighted by molar-refractivity contribution is -0.118. The van der Waals surface area contributed by atoms with Crippen molar-refractivity contribution in [2.75, 3.05) is 18.5 Å². The number of para-hydroxylation sites is 1. The Balaban J connectivity index is 1.46. The highest BCUT2D eigenvalue weighted by atomic mass is 16.5. The zero-order chi connectivity index (χ0) is 19.5. The Morgan fingerprint density at radius 2 is 2.14 bits per heavy atom. The fraction of sp³-hybridized carbons (Fsp3) is 0.333. The monoisotopic (exact) mass is 385 g/mol. The summed E-state index contributed by atoms with van der Waals surface area (Å²) < 4.78 is 12.5. The molecule has 1 aliphatic heterocycles. The van der Waals surface area contributed by atoms with E-state index < -0.39 is 24.3 Å². The van der Waals surface area contributed by atoms with Gasteiger partial charge in [0.25, 0.3) is 5.91 Å². The zero-order valence-electron chi connectivity index (χ0n) is 14.8. The van der Waals surface area contributed by atoms with Gasteiger partial charge in [-0.25, -0.2) is 9.67 Å². The number of aliphatic hydroxyl groups excluding tert-OH is 2. The lowest BCUT2D eigenvalue weighted by Crippen LogP contribution is -2.24. The number of nitrogens with one attached hydrogen (secondary N) is 1. The molecule has 0 unspecified atom stereocenters. The molecule has 28 heavy (non-hydrogen) atoms. The van der Waals surface area contributed by atoms with Gasteiger partial charge in [-0.2, -0.15) is 10.1 Å². The lowest BCUT2D eigenvalue weighted by Gasteiger charge is -2.13. The Labute approximate surface area is 159 Å². The van der Waals surface area contributed by atoms with Gasteiger partial charge in [-0.3, -0.25) is 10.1 Å². The molecule has 0 aliphatic carbocycles. The Hall–Kier alpha value is -3.08. The number of amides is 1. The maximum absolute atomic E-state index is 12.1. The van der Waals surface area contributed by atoms with E-state index >= 15 is 0 Å². The van der Waals surface area contributed by atoms with Gasteiger partial charge in [0.1, 0.15) is 11.9 Å². The third-order valence-corrected chi connectivity index (χ3v) is 4.36. The molecule has 0 spiro atoms. The van der Waals surface area contributed by atoms with Crippen LogP contribution >= 0.6 is 0 Å². The minimum absolute atomic E-state index is 0.105. The van der Waals surface area contributed by atoms with Crippen molar-refractivity contribution in [3.63, 3.8) is 0 Å². The molecular weight excluding hydrogens is 366 g/mol. The van der Waals surface area contributed by atoms with Gasteiger partial charge in [0, 0.05) is 12.6 Å². The molecular formula is C18H19N5O5. The van der Waals surface area contributed by atoms with Gasteiger partial charge < -0.3 is 19.7 Å². The highest BCUT2D eigenvalue weighted by molar-refractivity contribution is 5.91. The van der Waals surface area contributed by atoms with Crippen LogP contribution in [0, 0.1) is 0 Å². The van der Waals surface area contributed by atoms with Gasteiger partial charge in [-0.1, -0.05) is 18.2 Å². The number of benzene rings is 1. The first-order valence-electron chi connectivity index (χ1n) is 8.76. The predicted octanol–water partition coefficient (Wildman–Crippen LogP) is 0.484. The Bertz CT molecular complexity index is 963. The topological polar surface area (TPSA) is 132 Å². The first-order chi connectivity index (χ1) is 13.6. The molecule has 1 fully saturated rings. The second-order valence-corrected chi connectivity index (χ2v) is 6.33. The summed E-state index contributed by atoms with van der Waals surface area (Å²) >= 11 is 0. The molecule has 2 aromatic heterocycles. The van der Waals surface area contributed by atoms with Gasteiger partial charge >= 0.3 is 0 Å². The summed E-state index contributed by atoms with van der Waals surface area (Å²) in [6, 6.07) is 8.99. The number of rotatable bonds is 6. The number of aliphatic hydroxyl groups is 2. The van der Waals surface area contributed by atoms with Crippen LogP contribution in [0.4, 0.5) is 5.95 Å². The van der Waals surface area contributed by atoms with Crippen molar-refractivity contribution in [3.8, 4) is 5.75 Å². The van der Waals surface area contributed by atoms with Crippen molar-refractivity contribution in [2.24, 2.45) is 0 Å². The van der Waals surface area contributed by atoms with E-state index in [1.165, 1.54) is 10.9 Å². The van der Waals surface area contributed by atoms with Crippen LogP contribution in [0.25, 0.3) is 11.0 Å². The molecule has 146 valence electrons. The number of carbonyl (C=O) groups excluding carboxylic acids is 1. The van der Waals surface area contributed by atoms with E-state index in [0.29, 0.717) is 16.8 Å². The van der Waals surface area contributed by atoms with Crippen LogP contribution in [0.5, 0.6) is 5.75 Å². The van der Waals surface area contributed by atoms with E-state index in [-0.39, 0.29) is 25.6 Å². The van der Waals surface area contributed by atoms with Crippen molar-refractivity contribution in [1.29, 1.82) is 0 Å². The van der Waals surface area contributed by atoms with Gasteiger partial charge in [0.05, 0.1) is 24.3 Å². The number of ether oxygens (including phenoxy) is 2. The smallest absolute Gasteiger partial charge is 0.264 e. The molecule has 10 nitrogen and oxygen atoms in total. The molecule has 3 aromatic rings. The minimum Gasteiger partial charge on any atom is -0.484 e. The highest BCUT2D eigenvalue weighted by Gasteiger charge is 2.35. The summed E-state index contributed by atoms with van der Waals surface area (Å²) in [5.74, 6) is 0.290. The third-order valence-electron chi connectivity index (χ3n) is 4.36. The van der Waals surface area contributed by atoms with Crippen molar-refractivity contribution < 1.29 is 24.5 Å². The van der Waals surface area contributed by atoms with Crippen LogP contribution in [0.1, 0.15) is 12.6 Å². The van der Waals surface area contributed by atoms with Gasteiger partial charge in [-0.05, 0) is 12.1 Å². The maximum atomic E-state index is 12.1. The second-order valence-electron chi connectivity index (χ2n) is 6.33. The lowest BCUT2D eigenvalue weighted by atomic mass is 10.2. The molecule has 0 radical (unpaired) electrons. The molecule has 1 saturated heterocycles. The molecule has 3 N–H and O–H groups in total.